The van der Waals surface area contributed by atoms with Crippen molar-refractivity contribution in [1.82, 2.24) is 5.32 Å². The van der Waals surface area contributed by atoms with Crippen LogP contribution in [0.3, 0.4) is 0 Å². The van der Waals surface area contributed by atoms with Gasteiger partial charge in [0.25, 0.3) is 5.91 Å². The second-order valence-corrected chi connectivity index (χ2v) is 4.49. The maximum atomic E-state index is 13.2. The van der Waals surface area contributed by atoms with Gasteiger partial charge in [-0.25, -0.2) is 4.39 Å². The molecule has 1 amide bonds. The zero-order valence-electron chi connectivity index (χ0n) is 9.54. The lowest BCUT2D eigenvalue weighted by Crippen LogP contribution is -2.35. The van der Waals surface area contributed by atoms with E-state index >= 15 is 0 Å². The van der Waals surface area contributed by atoms with Crippen LogP contribution >= 0.6 is 15.9 Å². The highest BCUT2D eigenvalue weighted by Crippen LogP contribution is 2.20. The molecule has 3 nitrogen and oxygen atoms in total. The summed E-state index contributed by atoms with van der Waals surface area (Å²) in [5.41, 5.74) is 0.265. The molecule has 5 heteroatoms. The lowest BCUT2D eigenvalue weighted by molar-refractivity contribution is 0.0928. The highest BCUT2D eigenvalue weighted by atomic mass is 79.9. The predicted molar refractivity (Wildman–Crippen MR) is 67.3 cm³/mol. The minimum Gasteiger partial charge on any atom is -0.396 e. The highest BCUT2D eigenvalue weighted by Gasteiger charge is 2.15. The number of carbonyl (C=O) groups is 1. The Balaban J connectivity index is 2.79. The summed E-state index contributed by atoms with van der Waals surface area (Å²) in [5, 5.41) is 11.6. The number of aliphatic hydroxyl groups excluding tert-OH is 1. The van der Waals surface area contributed by atoms with Crippen molar-refractivity contribution in [3.63, 3.8) is 0 Å². The summed E-state index contributed by atoms with van der Waals surface area (Å²) in [6, 6.07) is 4.23. The first-order chi connectivity index (χ1) is 8.10. The maximum absolute atomic E-state index is 13.2. The lowest BCUT2D eigenvalue weighted by Gasteiger charge is -2.16. The Morgan fingerprint density at radius 1 is 1.59 bits per heavy atom. The second kappa shape index (κ2) is 6.71. The normalized spacial score (nSPS) is 12.2. The molecule has 1 rings (SSSR count). The third-order valence-corrected chi connectivity index (χ3v) is 3.31. The number of hydrogen-bond donors (Lipinski definition) is 2. The number of amides is 1. The molecule has 1 aromatic rings. The smallest absolute Gasteiger partial charge is 0.252 e. The molecule has 0 aliphatic rings. The monoisotopic (exact) mass is 303 g/mol. The van der Waals surface area contributed by atoms with E-state index in [1.807, 2.05) is 6.92 Å². The average molecular weight is 304 g/mol. The molecule has 94 valence electrons. The molecule has 1 atom stereocenters. The summed E-state index contributed by atoms with van der Waals surface area (Å²) in [7, 11) is 0. The van der Waals surface area contributed by atoms with Crippen LogP contribution in [0.4, 0.5) is 4.39 Å². The fourth-order valence-corrected chi connectivity index (χ4v) is 1.92. The first-order valence-electron chi connectivity index (χ1n) is 5.45. The van der Waals surface area contributed by atoms with Crippen LogP contribution in [0.15, 0.2) is 22.7 Å². The summed E-state index contributed by atoms with van der Waals surface area (Å²) in [6.45, 7) is 1.93. The fraction of sp³-hybridized carbons (Fsp3) is 0.417. The number of aliphatic hydroxyl groups is 1. The van der Waals surface area contributed by atoms with Gasteiger partial charge in [0.15, 0.2) is 0 Å². The molecule has 0 spiro atoms. The van der Waals surface area contributed by atoms with Crippen LogP contribution in [0, 0.1) is 5.82 Å². The molecule has 0 saturated carbocycles. The van der Waals surface area contributed by atoms with Crippen LogP contribution in [-0.2, 0) is 0 Å². The van der Waals surface area contributed by atoms with Crippen LogP contribution in [0.2, 0.25) is 0 Å². The van der Waals surface area contributed by atoms with Crippen molar-refractivity contribution in [3.8, 4) is 0 Å². The maximum Gasteiger partial charge on any atom is 0.252 e. The summed E-state index contributed by atoms with van der Waals surface area (Å²) >= 11 is 3.05. The van der Waals surface area contributed by atoms with E-state index in [0.717, 1.165) is 6.42 Å². The van der Waals surface area contributed by atoms with Crippen LogP contribution in [0.25, 0.3) is 0 Å². The van der Waals surface area contributed by atoms with E-state index in [1.54, 1.807) is 6.07 Å². The zero-order valence-corrected chi connectivity index (χ0v) is 11.1. The number of nitrogens with one attached hydrogen (secondary N) is 1. The van der Waals surface area contributed by atoms with E-state index in [1.165, 1.54) is 12.1 Å². The standard InChI is InChI=1S/C12H15BrFNO2/c1-2-8(6-7-16)15-12(17)9-4-3-5-10(14)11(9)13/h3-5,8,16H,2,6-7H2,1H3,(H,15,17). The Morgan fingerprint density at radius 2 is 2.29 bits per heavy atom. The van der Waals surface area contributed by atoms with Gasteiger partial charge in [0.05, 0.1) is 10.0 Å². The van der Waals surface area contributed by atoms with E-state index < -0.39 is 5.82 Å². The number of halogens is 2. The molecule has 0 fully saturated rings. The van der Waals surface area contributed by atoms with Gasteiger partial charge in [-0.2, -0.15) is 0 Å². The molecule has 0 heterocycles. The fourth-order valence-electron chi connectivity index (χ4n) is 1.48. The molecular weight excluding hydrogens is 289 g/mol. The lowest BCUT2D eigenvalue weighted by atomic mass is 10.1. The number of rotatable bonds is 5. The van der Waals surface area contributed by atoms with Crippen LogP contribution in [0.5, 0.6) is 0 Å². The molecular formula is C12H15BrFNO2. The first kappa shape index (κ1) is 14.1. The number of carbonyl (C=O) groups excluding carboxylic acids is 1. The van der Waals surface area contributed by atoms with E-state index in [-0.39, 0.29) is 28.6 Å². The van der Waals surface area contributed by atoms with Gasteiger partial charge in [-0.3, -0.25) is 4.79 Å². The van der Waals surface area contributed by atoms with Gasteiger partial charge in [0.1, 0.15) is 5.82 Å². The van der Waals surface area contributed by atoms with Crippen molar-refractivity contribution in [1.29, 1.82) is 0 Å². The Morgan fingerprint density at radius 3 is 2.88 bits per heavy atom. The molecule has 0 bridgehead atoms. The van der Waals surface area contributed by atoms with Gasteiger partial charge in [0.2, 0.25) is 0 Å². The topological polar surface area (TPSA) is 49.3 Å². The van der Waals surface area contributed by atoms with Crippen molar-refractivity contribution >= 4 is 21.8 Å². The predicted octanol–water partition coefficient (Wildman–Crippen LogP) is 2.48. The van der Waals surface area contributed by atoms with E-state index in [2.05, 4.69) is 21.2 Å². The molecule has 2 N–H and O–H groups in total. The molecule has 0 radical (unpaired) electrons. The quantitative estimate of drug-likeness (QED) is 0.878. The Bertz CT molecular complexity index is 398. The zero-order chi connectivity index (χ0) is 12.8. The Hall–Kier alpha value is -0.940. The van der Waals surface area contributed by atoms with Gasteiger partial charge in [-0.15, -0.1) is 0 Å². The molecule has 0 aromatic heterocycles. The summed E-state index contributed by atoms with van der Waals surface area (Å²) in [6.07, 6.45) is 1.22. The van der Waals surface area contributed by atoms with Crippen LogP contribution < -0.4 is 5.32 Å². The third-order valence-electron chi connectivity index (χ3n) is 2.50. The number of hydrogen-bond acceptors (Lipinski definition) is 2. The summed E-state index contributed by atoms with van der Waals surface area (Å²) < 4.78 is 13.4. The summed E-state index contributed by atoms with van der Waals surface area (Å²) in [4.78, 5) is 11.9. The van der Waals surface area contributed by atoms with Gasteiger partial charge < -0.3 is 10.4 Å². The third kappa shape index (κ3) is 3.78. The molecule has 1 aromatic carbocycles. The van der Waals surface area contributed by atoms with Crippen LogP contribution in [0.1, 0.15) is 30.1 Å². The Labute approximate surface area is 108 Å². The van der Waals surface area contributed by atoms with Gasteiger partial charge >= 0.3 is 0 Å². The minimum atomic E-state index is -0.465. The second-order valence-electron chi connectivity index (χ2n) is 3.69. The van der Waals surface area contributed by atoms with Crippen LogP contribution in [-0.4, -0.2) is 23.7 Å². The molecule has 0 aliphatic carbocycles. The van der Waals surface area contributed by atoms with Crippen molar-refractivity contribution in [2.24, 2.45) is 0 Å². The van der Waals surface area contributed by atoms with E-state index in [9.17, 15) is 9.18 Å². The van der Waals surface area contributed by atoms with E-state index in [4.69, 9.17) is 5.11 Å². The highest BCUT2D eigenvalue weighted by molar-refractivity contribution is 9.10. The van der Waals surface area contributed by atoms with Crippen molar-refractivity contribution in [3.05, 3.63) is 34.1 Å². The SMILES string of the molecule is CCC(CCO)NC(=O)c1cccc(F)c1Br. The van der Waals surface area contributed by atoms with Gasteiger partial charge in [-0.1, -0.05) is 13.0 Å². The van der Waals surface area contributed by atoms with Crippen molar-refractivity contribution < 1.29 is 14.3 Å². The minimum absolute atomic E-state index is 0.0170. The van der Waals surface area contributed by atoms with Gasteiger partial charge in [-0.05, 0) is 40.9 Å². The van der Waals surface area contributed by atoms with Crippen molar-refractivity contribution in [2.75, 3.05) is 6.61 Å². The number of benzene rings is 1. The summed E-state index contributed by atoms with van der Waals surface area (Å²) in [5.74, 6) is -0.801. The molecule has 1 unspecified atom stereocenters. The first-order valence-corrected chi connectivity index (χ1v) is 6.25. The molecule has 17 heavy (non-hydrogen) atoms. The Kier molecular flexibility index (Phi) is 5.58. The van der Waals surface area contributed by atoms with Gasteiger partial charge in [0, 0.05) is 12.6 Å². The molecule has 0 saturated heterocycles. The largest absolute Gasteiger partial charge is 0.396 e. The van der Waals surface area contributed by atoms with Crippen molar-refractivity contribution in [2.45, 2.75) is 25.8 Å². The average Bonchev–Trinajstić information content (AvgIpc) is 2.31. The molecule has 0 aliphatic heterocycles. The van der Waals surface area contributed by atoms with E-state index in [0.29, 0.717) is 6.42 Å².